The van der Waals surface area contributed by atoms with Gasteiger partial charge in [-0.25, -0.2) is 4.79 Å². The van der Waals surface area contributed by atoms with Gasteiger partial charge >= 0.3 is 5.97 Å². The summed E-state index contributed by atoms with van der Waals surface area (Å²) in [5.41, 5.74) is 1.00. The van der Waals surface area contributed by atoms with Crippen LogP contribution in [0.3, 0.4) is 0 Å². The van der Waals surface area contributed by atoms with Crippen molar-refractivity contribution in [3.63, 3.8) is 0 Å². The quantitative estimate of drug-likeness (QED) is 0.931. The summed E-state index contributed by atoms with van der Waals surface area (Å²) < 4.78 is 6.31. The maximum atomic E-state index is 11.1. The highest BCUT2D eigenvalue weighted by Crippen LogP contribution is 2.35. The van der Waals surface area contributed by atoms with Crippen LogP contribution in [0.25, 0.3) is 0 Å². The highest BCUT2D eigenvalue weighted by atomic mass is 79.9. The summed E-state index contributed by atoms with van der Waals surface area (Å²) in [7, 11) is 0. The Morgan fingerprint density at radius 3 is 3.00 bits per heavy atom. The number of ether oxygens (including phenoxy) is 1. The number of carbonyl (C=O) groups is 1. The Bertz CT molecular complexity index is 473. The number of benzene rings is 1. The van der Waals surface area contributed by atoms with Crippen LogP contribution in [-0.4, -0.2) is 30.8 Å². The van der Waals surface area contributed by atoms with Crippen molar-refractivity contribution in [1.82, 2.24) is 0 Å². The highest BCUT2D eigenvalue weighted by Gasteiger charge is 2.23. The molecule has 1 heterocycles. The van der Waals surface area contributed by atoms with Crippen molar-refractivity contribution >= 4 is 27.6 Å². The molecule has 0 fully saturated rings. The molecule has 5 heteroatoms. The van der Waals surface area contributed by atoms with Crippen molar-refractivity contribution in [2.24, 2.45) is 0 Å². The van der Waals surface area contributed by atoms with Crippen LogP contribution >= 0.6 is 15.9 Å². The lowest BCUT2D eigenvalue weighted by molar-refractivity contribution is 0.0692. The molecular weight excluding hydrogens is 286 g/mol. The van der Waals surface area contributed by atoms with E-state index >= 15 is 0 Å². The average Bonchev–Trinajstić information content (AvgIpc) is 2.28. The van der Waals surface area contributed by atoms with Crippen molar-refractivity contribution in [3.05, 3.63) is 34.8 Å². The Hall–Kier alpha value is -1.49. The smallest absolute Gasteiger partial charge is 0.339 e. The minimum absolute atomic E-state index is 0.201. The molecule has 0 saturated heterocycles. The first-order valence-electron chi connectivity index (χ1n) is 5.17. The lowest BCUT2D eigenvalue weighted by atomic mass is 10.1. The molecule has 0 saturated carbocycles. The third-order valence-corrected chi connectivity index (χ3v) is 2.79. The van der Waals surface area contributed by atoms with Crippen LogP contribution in [-0.2, 0) is 0 Å². The van der Waals surface area contributed by atoms with Crippen molar-refractivity contribution in [1.29, 1.82) is 0 Å². The number of halogens is 1. The van der Waals surface area contributed by atoms with Crippen molar-refractivity contribution in [2.75, 3.05) is 24.6 Å². The van der Waals surface area contributed by atoms with Gasteiger partial charge in [-0.1, -0.05) is 28.6 Å². The van der Waals surface area contributed by atoms with E-state index in [1.165, 1.54) is 0 Å². The first-order chi connectivity index (χ1) is 8.09. The monoisotopic (exact) mass is 297 g/mol. The Labute approximate surface area is 108 Å². The predicted octanol–water partition coefficient (Wildman–Crippen LogP) is 2.49. The molecule has 0 aromatic heterocycles. The van der Waals surface area contributed by atoms with Gasteiger partial charge in [-0.2, -0.15) is 0 Å². The molecule has 1 aliphatic rings. The number of carboxylic acids is 1. The van der Waals surface area contributed by atoms with Crippen molar-refractivity contribution in [2.45, 2.75) is 0 Å². The summed E-state index contributed by atoms with van der Waals surface area (Å²) in [6, 6.07) is 5.13. The van der Waals surface area contributed by atoms with Gasteiger partial charge in [-0.3, -0.25) is 0 Å². The molecule has 0 radical (unpaired) electrons. The fourth-order valence-corrected chi connectivity index (χ4v) is 2.15. The van der Waals surface area contributed by atoms with Gasteiger partial charge in [0.2, 0.25) is 0 Å². The van der Waals surface area contributed by atoms with E-state index in [2.05, 4.69) is 22.5 Å². The van der Waals surface area contributed by atoms with Crippen LogP contribution in [0.15, 0.2) is 29.3 Å². The number of para-hydroxylation sites is 1. The molecule has 0 aliphatic carbocycles. The maximum Gasteiger partial charge on any atom is 0.339 e. The largest absolute Gasteiger partial charge is 0.489 e. The molecule has 90 valence electrons. The van der Waals surface area contributed by atoms with E-state index in [0.29, 0.717) is 18.9 Å². The molecule has 1 aromatic carbocycles. The third-order valence-electron chi connectivity index (χ3n) is 2.54. The van der Waals surface area contributed by atoms with Gasteiger partial charge in [-0.15, -0.1) is 0 Å². The van der Waals surface area contributed by atoms with Gasteiger partial charge in [-0.05, 0) is 12.1 Å². The van der Waals surface area contributed by atoms with Gasteiger partial charge in [0.1, 0.15) is 12.2 Å². The summed E-state index contributed by atoms with van der Waals surface area (Å²) >= 11 is 3.32. The predicted molar refractivity (Wildman–Crippen MR) is 69.2 cm³/mol. The summed E-state index contributed by atoms with van der Waals surface area (Å²) in [6.45, 7) is 5.64. The molecule has 4 nitrogen and oxygen atoms in total. The molecule has 0 spiro atoms. The van der Waals surface area contributed by atoms with Crippen LogP contribution in [0.5, 0.6) is 5.75 Å². The number of rotatable bonds is 3. The zero-order valence-corrected chi connectivity index (χ0v) is 10.7. The number of anilines is 1. The Kier molecular flexibility index (Phi) is 3.38. The molecule has 1 aromatic rings. The first-order valence-corrected chi connectivity index (χ1v) is 5.96. The van der Waals surface area contributed by atoms with Gasteiger partial charge in [0, 0.05) is 11.0 Å². The number of nitrogens with zero attached hydrogens (tertiary/aromatic N) is 1. The topological polar surface area (TPSA) is 49.8 Å². The highest BCUT2D eigenvalue weighted by molar-refractivity contribution is 9.11. The van der Waals surface area contributed by atoms with Crippen LogP contribution in [0.1, 0.15) is 10.4 Å². The van der Waals surface area contributed by atoms with E-state index in [-0.39, 0.29) is 5.56 Å². The molecule has 0 bridgehead atoms. The first kappa shape index (κ1) is 12.0. The van der Waals surface area contributed by atoms with Gasteiger partial charge in [0.15, 0.2) is 5.75 Å². The maximum absolute atomic E-state index is 11.1. The van der Waals surface area contributed by atoms with E-state index in [9.17, 15) is 4.79 Å². The van der Waals surface area contributed by atoms with Gasteiger partial charge < -0.3 is 14.7 Å². The van der Waals surface area contributed by atoms with E-state index < -0.39 is 5.97 Å². The summed E-state index contributed by atoms with van der Waals surface area (Å²) in [5, 5.41) is 9.08. The Balaban J connectivity index is 2.42. The molecule has 0 atom stereocenters. The molecule has 17 heavy (non-hydrogen) atoms. The van der Waals surface area contributed by atoms with Crippen LogP contribution in [0.2, 0.25) is 0 Å². The zero-order valence-electron chi connectivity index (χ0n) is 9.15. The number of carboxylic acid groups (broad SMARTS) is 1. The third kappa shape index (κ3) is 2.44. The molecule has 2 rings (SSSR count). The van der Waals surface area contributed by atoms with Gasteiger partial charge in [0.05, 0.1) is 12.2 Å². The lowest BCUT2D eigenvalue weighted by Crippen LogP contribution is -2.34. The second kappa shape index (κ2) is 4.79. The second-order valence-electron chi connectivity index (χ2n) is 3.75. The molecule has 1 aliphatic heterocycles. The molecular formula is C12H12BrNO3. The van der Waals surface area contributed by atoms with E-state index in [1.54, 1.807) is 12.1 Å². The van der Waals surface area contributed by atoms with Crippen LogP contribution < -0.4 is 9.64 Å². The fraction of sp³-hybridized carbons (Fsp3) is 0.250. The van der Waals surface area contributed by atoms with E-state index in [4.69, 9.17) is 9.84 Å². The molecule has 1 N–H and O–H groups in total. The number of hydrogen-bond donors (Lipinski definition) is 1. The van der Waals surface area contributed by atoms with Crippen LogP contribution in [0, 0.1) is 0 Å². The number of hydrogen-bond acceptors (Lipinski definition) is 3. The molecule has 0 unspecified atom stereocenters. The SMILES string of the molecule is C=C(Br)CN1CCOc2c(C(=O)O)cccc21. The van der Waals surface area contributed by atoms with Crippen molar-refractivity contribution < 1.29 is 14.6 Å². The fourth-order valence-electron chi connectivity index (χ4n) is 1.84. The second-order valence-corrected chi connectivity index (χ2v) is 4.87. The minimum atomic E-state index is -0.971. The summed E-state index contributed by atoms with van der Waals surface area (Å²) in [5.74, 6) is -0.527. The molecule has 0 amide bonds. The Morgan fingerprint density at radius 2 is 2.35 bits per heavy atom. The number of aromatic carboxylic acids is 1. The van der Waals surface area contributed by atoms with Gasteiger partial charge in [0.25, 0.3) is 0 Å². The number of fused-ring (bicyclic) bond motifs is 1. The van der Waals surface area contributed by atoms with Crippen LogP contribution in [0.4, 0.5) is 5.69 Å². The summed E-state index contributed by atoms with van der Waals surface area (Å²) in [6.07, 6.45) is 0. The Morgan fingerprint density at radius 1 is 1.59 bits per heavy atom. The minimum Gasteiger partial charge on any atom is -0.489 e. The normalized spacial score (nSPS) is 13.8. The zero-order chi connectivity index (χ0) is 12.4. The van der Waals surface area contributed by atoms with E-state index in [1.807, 2.05) is 11.0 Å². The summed E-state index contributed by atoms with van der Waals surface area (Å²) in [4.78, 5) is 13.1. The lowest BCUT2D eigenvalue weighted by Gasteiger charge is -2.31. The standard InChI is InChI=1S/C12H12BrNO3/c1-8(13)7-14-5-6-17-11-9(12(15)16)3-2-4-10(11)14/h2-4H,1,5-7H2,(H,15,16). The average molecular weight is 298 g/mol. The van der Waals surface area contributed by atoms with E-state index in [0.717, 1.165) is 16.7 Å². The van der Waals surface area contributed by atoms with Crippen molar-refractivity contribution in [3.8, 4) is 5.75 Å².